The number of hydrogen-bond acceptors (Lipinski definition) is 3. The minimum absolute atomic E-state index is 0.325. The average Bonchev–Trinajstić information content (AvgIpc) is 2.84. The van der Waals surface area contributed by atoms with Gasteiger partial charge in [-0.2, -0.15) is 5.26 Å². The summed E-state index contributed by atoms with van der Waals surface area (Å²) in [5.41, 5.74) is 2.70. The van der Waals surface area contributed by atoms with Gasteiger partial charge in [0.1, 0.15) is 11.9 Å². The van der Waals surface area contributed by atoms with Crippen LogP contribution >= 0.6 is 0 Å². The number of aromatic nitrogens is 3. The maximum Gasteiger partial charge on any atom is 0.168 e. The van der Waals surface area contributed by atoms with Gasteiger partial charge in [-0.1, -0.05) is 6.07 Å². The van der Waals surface area contributed by atoms with Gasteiger partial charge in [0.25, 0.3) is 0 Å². The van der Waals surface area contributed by atoms with Crippen LogP contribution in [0.3, 0.4) is 0 Å². The summed E-state index contributed by atoms with van der Waals surface area (Å²) in [5.74, 6) is 0.206. The lowest BCUT2D eigenvalue weighted by atomic mass is 10.1. The smallest absolute Gasteiger partial charge is 0.168 e. The standard InChI is InChI=1S/C14H9FN4/c1-9-2-4-11(15)6-12(9)14-18-17-13-5-3-10(7-16)8-19(13)14/h2-6,8H,1H3. The predicted molar refractivity (Wildman–Crippen MR) is 67.8 cm³/mol. The van der Waals surface area contributed by atoms with Crippen molar-refractivity contribution in [1.82, 2.24) is 14.6 Å². The van der Waals surface area contributed by atoms with E-state index in [1.165, 1.54) is 12.1 Å². The van der Waals surface area contributed by atoms with Crippen molar-refractivity contribution >= 4 is 5.65 Å². The van der Waals surface area contributed by atoms with Gasteiger partial charge >= 0.3 is 0 Å². The zero-order chi connectivity index (χ0) is 13.4. The Morgan fingerprint density at radius 3 is 2.84 bits per heavy atom. The number of halogens is 1. The number of pyridine rings is 1. The quantitative estimate of drug-likeness (QED) is 0.669. The molecule has 0 unspecified atom stereocenters. The number of nitriles is 1. The molecule has 0 aliphatic heterocycles. The first-order valence-corrected chi connectivity index (χ1v) is 5.70. The molecule has 3 aromatic rings. The summed E-state index contributed by atoms with van der Waals surface area (Å²) in [6.45, 7) is 1.88. The number of benzene rings is 1. The molecular weight excluding hydrogens is 243 g/mol. The summed E-state index contributed by atoms with van der Waals surface area (Å²) >= 11 is 0. The Kier molecular flexibility index (Phi) is 2.50. The van der Waals surface area contributed by atoms with Gasteiger partial charge in [0, 0.05) is 11.8 Å². The SMILES string of the molecule is Cc1ccc(F)cc1-c1nnc2ccc(C#N)cn12. The molecule has 0 bridgehead atoms. The van der Waals surface area contributed by atoms with Crippen LogP contribution in [0.5, 0.6) is 0 Å². The Morgan fingerprint density at radius 2 is 2.05 bits per heavy atom. The van der Waals surface area contributed by atoms with E-state index in [1.807, 2.05) is 6.92 Å². The van der Waals surface area contributed by atoms with Crippen molar-refractivity contribution in [3.8, 4) is 17.5 Å². The summed E-state index contributed by atoms with van der Waals surface area (Å²) in [6, 6.07) is 9.97. The Bertz CT molecular complexity index is 814. The number of fused-ring (bicyclic) bond motifs is 1. The molecule has 5 heteroatoms. The lowest BCUT2D eigenvalue weighted by Crippen LogP contribution is -1.93. The molecule has 0 N–H and O–H groups in total. The Hall–Kier alpha value is -2.74. The van der Waals surface area contributed by atoms with E-state index in [-0.39, 0.29) is 5.82 Å². The van der Waals surface area contributed by atoms with E-state index in [1.54, 1.807) is 28.8 Å². The molecule has 0 saturated heterocycles. The van der Waals surface area contributed by atoms with Crippen molar-refractivity contribution in [1.29, 1.82) is 5.26 Å². The van der Waals surface area contributed by atoms with Crippen molar-refractivity contribution in [3.05, 3.63) is 53.5 Å². The van der Waals surface area contributed by atoms with Crippen molar-refractivity contribution in [2.24, 2.45) is 0 Å². The fraction of sp³-hybridized carbons (Fsp3) is 0.0714. The molecule has 3 rings (SSSR count). The van der Waals surface area contributed by atoms with Gasteiger partial charge in [-0.05, 0) is 36.8 Å². The van der Waals surface area contributed by atoms with Crippen LogP contribution in [0, 0.1) is 24.1 Å². The van der Waals surface area contributed by atoms with E-state index in [4.69, 9.17) is 5.26 Å². The van der Waals surface area contributed by atoms with Gasteiger partial charge in [-0.15, -0.1) is 10.2 Å². The van der Waals surface area contributed by atoms with E-state index < -0.39 is 0 Å². The normalized spacial score (nSPS) is 10.6. The Balaban J connectivity index is 2.31. The van der Waals surface area contributed by atoms with E-state index >= 15 is 0 Å². The van der Waals surface area contributed by atoms with Gasteiger partial charge in [0.05, 0.1) is 5.56 Å². The average molecular weight is 252 g/mol. The molecule has 0 radical (unpaired) electrons. The Morgan fingerprint density at radius 1 is 1.21 bits per heavy atom. The third kappa shape index (κ3) is 1.83. The second-order valence-corrected chi connectivity index (χ2v) is 4.24. The fourth-order valence-electron chi connectivity index (χ4n) is 1.98. The molecule has 0 fully saturated rings. The maximum atomic E-state index is 13.4. The van der Waals surface area contributed by atoms with Gasteiger partial charge in [0.15, 0.2) is 11.5 Å². The summed E-state index contributed by atoms with van der Waals surface area (Å²) in [5, 5.41) is 17.0. The molecular formula is C14H9FN4. The highest BCUT2D eigenvalue weighted by atomic mass is 19.1. The van der Waals surface area contributed by atoms with Crippen LogP contribution < -0.4 is 0 Å². The van der Waals surface area contributed by atoms with E-state index in [0.717, 1.165) is 5.56 Å². The van der Waals surface area contributed by atoms with E-state index in [2.05, 4.69) is 16.3 Å². The van der Waals surface area contributed by atoms with Crippen LogP contribution in [0.1, 0.15) is 11.1 Å². The first-order valence-electron chi connectivity index (χ1n) is 5.70. The molecule has 0 spiro atoms. The minimum Gasteiger partial charge on any atom is -0.281 e. The third-order valence-electron chi connectivity index (χ3n) is 2.97. The topological polar surface area (TPSA) is 54.0 Å². The summed E-state index contributed by atoms with van der Waals surface area (Å²) in [4.78, 5) is 0. The lowest BCUT2D eigenvalue weighted by Gasteiger charge is -2.04. The molecule has 0 aliphatic carbocycles. The number of rotatable bonds is 1. The monoisotopic (exact) mass is 252 g/mol. The highest BCUT2D eigenvalue weighted by Crippen LogP contribution is 2.23. The van der Waals surface area contributed by atoms with Crippen LogP contribution in [0.25, 0.3) is 17.0 Å². The van der Waals surface area contributed by atoms with Crippen LogP contribution in [0.2, 0.25) is 0 Å². The fourth-order valence-corrected chi connectivity index (χ4v) is 1.98. The summed E-state index contributed by atoms with van der Waals surface area (Å²) in [6.07, 6.45) is 1.65. The highest BCUT2D eigenvalue weighted by molar-refractivity contribution is 5.63. The molecule has 0 saturated carbocycles. The number of aryl methyl sites for hydroxylation is 1. The molecule has 0 aliphatic rings. The second kappa shape index (κ2) is 4.18. The molecule has 2 aromatic heterocycles. The van der Waals surface area contributed by atoms with Crippen LogP contribution in [0.15, 0.2) is 36.5 Å². The molecule has 4 nitrogen and oxygen atoms in total. The Labute approximate surface area is 108 Å². The molecule has 0 atom stereocenters. The van der Waals surface area contributed by atoms with Crippen LogP contribution in [-0.4, -0.2) is 14.6 Å². The molecule has 0 amide bonds. The van der Waals surface area contributed by atoms with Gasteiger partial charge in [-0.3, -0.25) is 4.40 Å². The zero-order valence-electron chi connectivity index (χ0n) is 10.1. The van der Waals surface area contributed by atoms with Crippen molar-refractivity contribution in [2.75, 3.05) is 0 Å². The van der Waals surface area contributed by atoms with Gasteiger partial charge in [0.2, 0.25) is 0 Å². The largest absolute Gasteiger partial charge is 0.281 e. The maximum absolute atomic E-state index is 13.4. The zero-order valence-corrected chi connectivity index (χ0v) is 10.1. The lowest BCUT2D eigenvalue weighted by molar-refractivity contribution is 0.627. The molecule has 19 heavy (non-hydrogen) atoms. The highest BCUT2D eigenvalue weighted by Gasteiger charge is 2.11. The number of nitrogens with zero attached hydrogens (tertiary/aromatic N) is 4. The van der Waals surface area contributed by atoms with Gasteiger partial charge < -0.3 is 0 Å². The van der Waals surface area contributed by atoms with Crippen molar-refractivity contribution in [2.45, 2.75) is 6.92 Å². The molecule has 92 valence electrons. The van der Waals surface area contributed by atoms with Crippen molar-refractivity contribution in [3.63, 3.8) is 0 Å². The first kappa shape index (κ1) is 11.4. The summed E-state index contributed by atoms with van der Waals surface area (Å²) < 4.78 is 15.1. The minimum atomic E-state index is -0.325. The molecule has 1 aromatic carbocycles. The van der Waals surface area contributed by atoms with Crippen molar-refractivity contribution < 1.29 is 4.39 Å². The van der Waals surface area contributed by atoms with E-state index in [0.29, 0.717) is 22.6 Å². The predicted octanol–water partition coefficient (Wildman–Crippen LogP) is 2.72. The number of hydrogen-bond donors (Lipinski definition) is 0. The summed E-state index contributed by atoms with van der Waals surface area (Å²) in [7, 11) is 0. The van der Waals surface area contributed by atoms with E-state index in [9.17, 15) is 4.39 Å². The first-order chi connectivity index (χ1) is 9.19. The second-order valence-electron chi connectivity index (χ2n) is 4.24. The van der Waals surface area contributed by atoms with Gasteiger partial charge in [-0.25, -0.2) is 4.39 Å². The van der Waals surface area contributed by atoms with Crippen LogP contribution in [-0.2, 0) is 0 Å². The third-order valence-corrected chi connectivity index (χ3v) is 2.97. The van der Waals surface area contributed by atoms with Crippen LogP contribution in [0.4, 0.5) is 4.39 Å². The molecule has 2 heterocycles.